The smallest absolute Gasteiger partial charge is 0.350 e. The van der Waals surface area contributed by atoms with Crippen LogP contribution in [0, 0.1) is 0 Å². The van der Waals surface area contributed by atoms with Crippen molar-refractivity contribution in [2.24, 2.45) is 10.3 Å². The number of hydrogen-bond acceptors (Lipinski definition) is 6. The minimum Gasteiger partial charge on any atom is -0.350 e. The van der Waals surface area contributed by atoms with Gasteiger partial charge < -0.3 is 19.9 Å². The van der Waals surface area contributed by atoms with E-state index in [0.29, 0.717) is 0 Å². The summed E-state index contributed by atoms with van der Waals surface area (Å²) in [7, 11) is 0. The summed E-state index contributed by atoms with van der Waals surface area (Å²) < 4.78 is 76.1. The van der Waals surface area contributed by atoms with Crippen molar-refractivity contribution in [3.63, 3.8) is 0 Å². The van der Waals surface area contributed by atoms with Crippen molar-refractivity contribution >= 4 is 11.4 Å². The summed E-state index contributed by atoms with van der Waals surface area (Å²) in [6.07, 6.45) is -12.0. The molecule has 26 heavy (non-hydrogen) atoms. The standard InChI is InChI=1S/C14H10F6N2O4/c15-13(16,17)11(23)5-9(21-25-11)7-1-2-8(4-3-7)10-6-12(24,26-22-10)14(18,19)20/h1-4,23-24H,5-6H2. The van der Waals surface area contributed by atoms with Gasteiger partial charge in [-0.1, -0.05) is 34.6 Å². The quantitative estimate of drug-likeness (QED) is 0.768. The van der Waals surface area contributed by atoms with Crippen molar-refractivity contribution in [3.8, 4) is 0 Å². The fourth-order valence-corrected chi connectivity index (χ4v) is 2.31. The zero-order valence-corrected chi connectivity index (χ0v) is 12.6. The fourth-order valence-electron chi connectivity index (χ4n) is 2.31. The van der Waals surface area contributed by atoms with Crippen LogP contribution in [0.5, 0.6) is 0 Å². The van der Waals surface area contributed by atoms with E-state index < -0.39 is 36.8 Å². The monoisotopic (exact) mass is 384 g/mol. The molecular weight excluding hydrogens is 374 g/mol. The summed E-state index contributed by atoms with van der Waals surface area (Å²) in [6.45, 7) is 0. The highest BCUT2D eigenvalue weighted by molar-refractivity contribution is 6.04. The van der Waals surface area contributed by atoms with E-state index in [4.69, 9.17) is 0 Å². The number of oxime groups is 2. The van der Waals surface area contributed by atoms with Gasteiger partial charge >= 0.3 is 23.9 Å². The molecule has 0 radical (unpaired) electrons. The average Bonchev–Trinajstić information content (AvgIpc) is 3.12. The Labute approximate surface area is 141 Å². The Balaban J connectivity index is 1.73. The van der Waals surface area contributed by atoms with E-state index in [0.717, 1.165) is 0 Å². The Morgan fingerprint density at radius 1 is 0.731 bits per heavy atom. The molecule has 0 fully saturated rings. The molecule has 0 aromatic heterocycles. The van der Waals surface area contributed by atoms with Gasteiger partial charge in [0.05, 0.1) is 24.3 Å². The van der Waals surface area contributed by atoms with E-state index in [-0.39, 0.29) is 22.6 Å². The number of aliphatic hydroxyl groups is 2. The van der Waals surface area contributed by atoms with Gasteiger partial charge in [0.25, 0.3) is 0 Å². The van der Waals surface area contributed by atoms with E-state index in [9.17, 15) is 36.6 Å². The van der Waals surface area contributed by atoms with Crippen molar-refractivity contribution in [3.05, 3.63) is 35.4 Å². The van der Waals surface area contributed by atoms with Crippen LogP contribution in [-0.4, -0.2) is 45.6 Å². The van der Waals surface area contributed by atoms with Gasteiger partial charge in [-0.05, 0) is 11.1 Å². The number of alkyl halides is 6. The van der Waals surface area contributed by atoms with Crippen LogP contribution in [0.4, 0.5) is 26.3 Å². The van der Waals surface area contributed by atoms with Crippen LogP contribution in [-0.2, 0) is 9.68 Å². The second-order valence-corrected chi connectivity index (χ2v) is 5.75. The lowest BCUT2D eigenvalue weighted by atomic mass is 9.98. The van der Waals surface area contributed by atoms with Crippen molar-refractivity contribution in [1.29, 1.82) is 0 Å². The SMILES string of the molecule is OC1(C(F)(F)F)CC(c2ccc(C3=NOC(O)(C(F)(F)F)C3)cc2)=NO1. The molecule has 2 atom stereocenters. The van der Waals surface area contributed by atoms with E-state index >= 15 is 0 Å². The zero-order valence-electron chi connectivity index (χ0n) is 12.6. The predicted octanol–water partition coefficient (Wildman–Crippen LogP) is 2.44. The topological polar surface area (TPSA) is 83.6 Å². The molecule has 0 spiro atoms. The maximum atomic E-state index is 12.7. The Morgan fingerprint density at radius 2 is 1.04 bits per heavy atom. The maximum absolute atomic E-state index is 12.7. The van der Waals surface area contributed by atoms with Crippen molar-refractivity contribution < 1.29 is 46.2 Å². The summed E-state index contributed by atoms with van der Waals surface area (Å²) in [5.74, 6) is -6.85. The van der Waals surface area contributed by atoms with Crippen LogP contribution >= 0.6 is 0 Å². The van der Waals surface area contributed by atoms with Crippen LogP contribution in [0.15, 0.2) is 34.6 Å². The van der Waals surface area contributed by atoms with E-state index in [1.165, 1.54) is 24.3 Å². The molecule has 1 aromatic rings. The van der Waals surface area contributed by atoms with Gasteiger partial charge in [0, 0.05) is 0 Å². The second kappa shape index (κ2) is 5.58. The largest absolute Gasteiger partial charge is 0.458 e. The van der Waals surface area contributed by atoms with Crippen LogP contribution in [0.1, 0.15) is 24.0 Å². The number of benzene rings is 1. The highest BCUT2D eigenvalue weighted by atomic mass is 19.4. The minimum absolute atomic E-state index is 0.166. The van der Waals surface area contributed by atoms with Crippen LogP contribution in [0.25, 0.3) is 0 Å². The molecule has 0 amide bonds. The summed E-state index contributed by atoms with van der Waals surface area (Å²) in [5, 5.41) is 25.2. The number of halogens is 6. The van der Waals surface area contributed by atoms with Gasteiger partial charge in [-0.3, -0.25) is 0 Å². The normalized spacial score (nSPS) is 29.1. The third-order valence-electron chi connectivity index (χ3n) is 3.87. The molecule has 12 heteroatoms. The summed E-state index contributed by atoms with van der Waals surface area (Å²) >= 11 is 0. The molecule has 3 rings (SSSR count). The summed E-state index contributed by atoms with van der Waals surface area (Å²) in [6, 6.07) is 5.08. The van der Waals surface area contributed by atoms with Gasteiger partial charge in [-0.2, -0.15) is 26.3 Å². The lowest BCUT2D eigenvalue weighted by Gasteiger charge is -2.22. The van der Waals surface area contributed by atoms with E-state index in [1.54, 1.807) is 0 Å². The highest BCUT2D eigenvalue weighted by Crippen LogP contribution is 2.40. The Morgan fingerprint density at radius 3 is 1.27 bits per heavy atom. The van der Waals surface area contributed by atoms with E-state index in [1.807, 2.05) is 0 Å². The highest BCUT2D eigenvalue weighted by Gasteiger charge is 2.61. The molecule has 0 saturated heterocycles. The average molecular weight is 384 g/mol. The molecule has 0 saturated carbocycles. The van der Waals surface area contributed by atoms with Crippen molar-refractivity contribution in [2.75, 3.05) is 0 Å². The molecular formula is C14H10F6N2O4. The number of hydrogen-bond donors (Lipinski definition) is 2. The molecule has 0 bridgehead atoms. The van der Waals surface area contributed by atoms with Crippen LogP contribution < -0.4 is 0 Å². The lowest BCUT2D eigenvalue weighted by Crippen LogP contribution is -2.45. The van der Waals surface area contributed by atoms with Gasteiger partial charge in [0.15, 0.2) is 0 Å². The fraction of sp³-hybridized carbons (Fsp3) is 0.429. The lowest BCUT2D eigenvalue weighted by molar-refractivity contribution is -0.355. The van der Waals surface area contributed by atoms with Crippen LogP contribution in [0.2, 0.25) is 0 Å². The Kier molecular flexibility index (Phi) is 3.96. The third-order valence-corrected chi connectivity index (χ3v) is 3.87. The number of nitrogens with zero attached hydrogens (tertiary/aromatic N) is 2. The second-order valence-electron chi connectivity index (χ2n) is 5.75. The van der Waals surface area contributed by atoms with Gasteiger partial charge in [-0.25, -0.2) is 0 Å². The van der Waals surface area contributed by atoms with Crippen molar-refractivity contribution in [1.82, 2.24) is 0 Å². The summed E-state index contributed by atoms with van der Waals surface area (Å²) in [4.78, 5) is 8.17. The molecule has 0 aliphatic carbocycles. The first kappa shape index (κ1) is 18.5. The maximum Gasteiger partial charge on any atom is 0.458 e. The molecule has 2 aliphatic rings. The van der Waals surface area contributed by atoms with Crippen molar-refractivity contribution in [2.45, 2.75) is 36.8 Å². The van der Waals surface area contributed by atoms with Gasteiger partial charge in [0.2, 0.25) is 0 Å². The molecule has 6 nitrogen and oxygen atoms in total. The van der Waals surface area contributed by atoms with Gasteiger partial charge in [0.1, 0.15) is 0 Å². The zero-order chi connectivity index (χ0) is 19.4. The molecule has 2 heterocycles. The first-order chi connectivity index (χ1) is 11.8. The molecule has 2 unspecified atom stereocenters. The Hall–Kier alpha value is -2.34. The predicted molar refractivity (Wildman–Crippen MR) is 72.9 cm³/mol. The van der Waals surface area contributed by atoms with E-state index in [2.05, 4.69) is 20.0 Å². The molecule has 142 valence electrons. The first-order valence-corrected chi connectivity index (χ1v) is 7.04. The number of rotatable bonds is 2. The third kappa shape index (κ3) is 2.98. The molecule has 1 aromatic carbocycles. The molecule has 2 N–H and O–H groups in total. The first-order valence-electron chi connectivity index (χ1n) is 7.04. The molecule has 2 aliphatic heterocycles. The van der Waals surface area contributed by atoms with Crippen LogP contribution in [0.3, 0.4) is 0 Å². The Bertz CT molecular complexity index is 708. The van der Waals surface area contributed by atoms with Gasteiger partial charge in [-0.15, -0.1) is 0 Å². The summed E-state index contributed by atoms with van der Waals surface area (Å²) in [5.41, 5.74) is -0.0420. The minimum atomic E-state index is -5.05.